The number of carbonyl (C=O) groups is 1. The van der Waals surface area contributed by atoms with E-state index in [9.17, 15) is 4.79 Å². The number of benzene rings is 1. The molecule has 0 saturated heterocycles. The summed E-state index contributed by atoms with van der Waals surface area (Å²) in [4.78, 5) is 13.4. The first-order chi connectivity index (χ1) is 14.2. The van der Waals surface area contributed by atoms with Crippen molar-refractivity contribution in [1.29, 1.82) is 0 Å². The van der Waals surface area contributed by atoms with Gasteiger partial charge in [-0.25, -0.2) is 9.36 Å². The third kappa shape index (κ3) is 3.40. The van der Waals surface area contributed by atoms with Gasteiger partial charge < -0.3 is 14.0 Å². The van der Waals surface area contributed by atoms with Crippen LogP contribution in [0.25, 0.3) is 22.4 Å². The van der Waals surface area contributed by atoms with E-state index in [0.717, 1.165) is 58.8 Å². The van der Waals surface area contributed by atoms with Gasteiger partial charge in [-0.15, -0.1) is 0 Å². The molecular weight excluding hydrogens is 380 g/mol. The Hall–Kier alpha value is -3.02. The summed E-state index contributed by atoms with van der Waals surface area (Å²) in [5, 5.41) is 4.15. The smallest absolute Gasteiger partial charge is 0.419 e. The van der Waals surface area contributed by atoms with Gasteiger partial charge in [0.2, 0.25) is 0 Å². The lowest BCUT2D eigenvalue weighted by Crippen LogP contribution is -2.28. The minimum atomic E-state index is -0.594. The van der Waals surface area contributed by atoms with E-state index in [-0.39, 0.29) is 6.09 Å². The fourth-order valence-corrected chi connectivity index (χ4v) is 4.27. The number of ether oxygens (including phenoxy) is 2. The van der Waals surface area contributed by atoms with Gasteiger partial charge in [-0.2, -0.15) is 0 Å². The van der Waals surface area contributed by atoms with Crippen LogP contribution in [0, 0.1) is 13.8 Å². The van der Waals surface area contributed by atoms with E-state index in [1.165, 1.54) is 5.56 Å². The number of aromatic nitrogens is 2. The summed E-state index contributed by atoms with van der Waals surface area (Å²) in [6, 6.07) is 7.96. The Kier molecular flexibility index (Phi) is 4.96. The molecule has 0 fully saturated rings. The zero-order chi connectivity index (χ0) is 21.6. The van der Waals surface area contributed by atoms with E-state index in [4.69, 9.17) is 14.0 Å². The van der Waals surface area contributed by atoms with E-state index < -0.39 is 5.60 Å². The predicted octanol–water partition coefficient (Wildman–Crippen LogP) is 5.71. The lowest BCUT2D eigenvalue weighted by Gasteiger charge is -2.22. The summed E-state index contributed by atoms with van der Waals surface area (Å²) < 4.78 is 18.4. The van der Waals surface area contributed by atoms with Gasteiger partial charge in [0.1, 0.15) is 17.1 Å². The first-order valence-electron chi connectivity index (χ1n) is 10.3. The highest BCUT2D eigenvalue weighted by Gasteiger charge is 2.34. The maximum Gasteiger partial charge on any atom is 0.419 e. The molecule has 30 heavy (non-hydrogen) atoms. The average Bonchev–Trinajstić information content (AvgIpc) is 3.34. The summed E-state index contributed by atoms with van der Waals surface area (Å²) in [5.74, 6) is 1.48. The maximum atomic E-state index is 13.4. The summed E-state index contributed by atoms with van der Waals surface area (Å²) in [6.45, 7) is 9.43. The SMILES string of the molecule is COc1ccc(-c2c3c(n(C(=O)OC(C)(C)C)c2-c2c(C)noc2C)CCC3)cc1. The molecule has 1 aliphatic rings. The molecule has 4 rings (SSSR count). The van der Waals surface area contributed by atoms with Gasteiger partial charge in [0.05, 0.1) is 24.1 Å². The van der Waals surface area contributed by atoms with E-state index in [1.807, 2.05) is 58.9 Å². The van der Waals surface area contributed by atoms with Gasteiger partial charge in [-0.1, -0.05) is 17.3 Å². The number of hydrogen-bond acceptors (Lipinski definition) is 5. The Morgan fingerprint density at radius 2 is 1.80 bits per heavy atom. The number of fused-ring (bicyclic) bond motifs is 1. The Morgan fingerprint density at radius 3 is 2.37 bits per heavy atom. The minimum absolute atomic E-state index is 0.365. The van der Waals surface area contributed by atoms with Crippen molar-refractivity contribution >= 4 is 6.09 Å². The van der Waals surface area contributed by atoms with Gasteiger partial charge >= 0.3 is 6.09 Å². The molecule has 158 valence electrons. The van der Waals surface area contributed by atoms with Crippen LogP contribution in [-0.4, -0.2) is 28.5 Å². The molecule has 0 spiro atoms. The molecule has 6 heteroatoms. The quantitative estimate of drug-likeness (QED) is 0.555. The molecule has 0 atom stereocenters. The molecule has 6 nitrogen and oxygen atoms in total. The molecule has 0 N–H and O–H groups in total. The van der Waals surface area contributed by atoms with Gasteiger partial charge in [0, 0.05) is 11.3 Å². The minimum Gasteiger partial charge on any atom is -0.497 e. The van der Waals surface area contributed by atoms with Crippen molar-refractivity contribution in [2.75, 3.05) is 7.11 Å². The van der Waals surface area contributed by atoms with E-state index in [0.29, 0.717) is 5.76 Å². The lowest BCUT2D eigenvalue weighted by atomic mass is 9.96. The summed E-state index contributed by atoms with van der Waals surface area (Å²) in [7, 11) is 1.65. The summed E-state index contributed by atoms with van der Waals surface area (Å²) in [5.41, 5.74) is 6.10. The van der Waals surface area contributed by atoms with Crippen molar-refractivity contribution in [3.63, 3.8) is 0 Å². The average molecular weight is 408 g/mol. The van der Waals surface area contributed by atoms with Crippen molar-refractivity contribution in [2.45, 2.75) is 59.5 Å². The van der Waals surface area contributed by atoms with Crippen LogP contribution in [0.1, 0.15) is 49.9 Å². The second-order valence-corrected chi connectivity index (χ2v) is 8.75. The Bertz CT molecular complexity index is 1080. The number of rotatable bonds is 3. The summed E-state index contributed by atoms with van der Waals surface area (Å²) >= 11 is 0. The summed E-state index contributed by atoms with van der Waals surface area (Å²) in [6.07, 6.45) is 2.40. The third-order valence-corrected chi connectivity index (χ3v) is 5.45. The Labute approximate surface area is 176 Å². The molecule has 2 aromatic heterocycles. The van der Waals surface area contributed by atoms with Crippen molar-refractivity contribution in [2.24, 2.45) is 0 Å². The first kappa shape index (κ1) is 20.3. The molecular formula is C24H28N2O4. The fraction of sp³-hybridized carbons (Fsp3) is 0.417. The number of nitrogens with zero attached hydrogens (tertiary/aromatic N) is 2. The highest BCUT2D eigenvalue weighted by atomic mass is 16.6. The standard InChI is InChI=1S/C24H28N2O4/c1-14-20(15(2)30-25-14)22-21(16-10-12-17(28-6)13-11-16)18-8-7-9-19(18)26(22)23(27)29-24(3,4)5/h10-13H,7-9H2,1-6H3. The number of carbonyl (C=O) groups excluding carboxylic acids is 1. The maximum absolute atomic E-state index is 13.4. The van der Waals surface area contributed by atoms with Gasteiger partial charge in [0.15, 0.2) is 0 Å². The topological polar surface area (TPSA) is 66.5 Å². The van der Waals surface area contributed by atoms with Crippen LogP contribution in [0.5, 0.6) is 5.75 Å². The number of methoxy groups -OCH3 is 1. The predicted molar refractivity (Wildman–Crippen MR) is 115 cm³/mol. The Morgan fingerprint density at radius 1 is 1.10 bits per heavy atom. The van der Waals surface area contributed by atoms with Crippen LogP contribution in [0.4, 0.5) is 4.79 Å². The molecule has 0 aliphatic heterocycles. The van der Waals surface area contributed by atoms with Crippen LogP contribution in [0.3, 0.4) is 0 Å². The van der Waals surface area contributed by atoms with Crippen LogP contribution >= 0.6 is 0 Å². The van der Waals surface area contributed by atoms with Gasteiger partial charge in [-0.05, 0) is 77.1 Å². The first-order valence-corrected chi connectivity index (χ1v) is 10.3. The molecule has 3 aromatic rings. The van der Waals surface area contributed by atoms with Crippen molar-refractivity contribution in [3.8, 4) is 28.1 Å². The van der Waals surface area contributed by atoms with E-state index >= 15 is 0 Å². The van der Waals surface area contributed by atoms with Crippen LogP contribution in [0.2, 0.25) is 0 Å². The Balaban J connectivity index is 2.02. The molecule has 2 heterocycles. The molecule has 0 amide bonds. The van der Waals surface area contributed by atoms with Gasteiger partial charge in [-0.3, -0.25) is 0 Å². The van der Waals surface area contributed by atoms with Crippen molar-refractivity contribution < 1.29 is 18.8 Å². The van der Waals surface area contributed by atoms with Crippen LogP contribution in [-0.2, 0) is 17.6 Å². The third-order valence-electron chi connectivity index (χ3n) is 5.45. The van der Waals surface area contributed by atoms with E-state index in [2.05, 4.69) is 5.16 Å². The van der Waals surface area contributed by atoms with Gasteiger partial charge in [0.25, 0.3) is 0 Å². The normalized spacial score (nSPS) is 13.4. The second-order valence-electron chi connectivity index (χ2n) is 8.75. The fourth-order valence-electron chi connectivity index (χ4n) is 4.27. The molecule has 1 aliphatic carbocycles. The lowest BCUT2D eigenvalue weighted by molar-refractivity contribution is 0.0536. The number of hydrogen-bond donors (Lipinski definition) is 0. The zero-order valence-corrected chi connectivity index (χ0v) is 18.5. The second kappa shape index (κ2) is 7.35. The largest absolute Gasteiger partial charge is 0.497 e. The van der Waals surface area contributed by atoms with Crippen LogP contribution < -0.4 is 4.74 Å². The number of aryl methyl sites for hydroxylation is 2. The van der Waals surface area contributed by atoms with E-state index in [1.54, 1.807) is 11.7 Å². The highest BCUT2D eigenvalue weighted by Crippen LogP contribution is 2.45. The highest BCUT2D eigenvalue weighted by molar-refractivity contribution is 5.93. The van der Waals surface area contributed by atoms with Crippen molar-refractivity contribution in [1.82, 2.24) is 9.72 Å². The molecule has 0 bridgehead atoms. The van der Waals surface area contributed by atoms with Crippen LogP contribution in [0.15, 0.2) is 28.8 Å². The molecule has 0 unspecified atom stereocenters. The zero-order valence-electron chi connectivity index (χ0n) is 18.5. The van der Waals surface area contributed by atoms with Crippen molar-refractivity contribution in [3.05, 3.63) is 47.0 Å². The molecule has 0 radical (unpaired) electrons. The molecule has 1 aromatic carbocycles. The molecule has 0 saturated carbocycles. The monoisotopic (exact) mass is 408 g/mol.